The van der Waals surface area contributed by atoms with Crippen LogP contribution in [0, 0.1) is 9.87 Å². The molecule has 0 radical (unpaired) electrons. The van der Waals surface area contributed by atoms with E-state index < -0.39 is 42.8 Å². The van der Waals surface area contributed by atoms with Gasteiger partial charge in [-0.1, -0.05) is 23.1 Å². The Labute approximate surface area is 249 Å². The molecule has 3 aliphatic heterocycles. The summed E-state index contributed by atoms with van der Waals surface area (Å²) in [5.41, 5.74) is 1.14. The van der Waals surface area contributed by atoms with Gasteiger partial charge in [-0.3, -0.25) is 28.6 Å². The molecule has 1 amide bonds. The van der Waals surface area contributed by atoms with E-state index in [1.807, 2.05) is 0 Å². The number of aromatic nitrogens is 1. The molecule has 4 heterocycles. The summed E-state index contributed by atoms with van der Waals surface area (Å²) in [7, 11) is 0. The fraction of sp³-hybridized carbons (Fsp3) is 0.280. The fourth-order valence-electron chi connectivity index (χ4n) is 4.70. The van der Waals surface area contributed by atoms with Crippen LogP contribution in [0.3, 0.4) is 0 Å². The zero-order valence-electron chi connectivity index (χ0n) is 21.3. The van der Waals surface area contributed by atoms with Gasteiger partial charge in [-0.15, -0.1) is 0 Å². The molecule has 4 N–H and O–H groups in total. The lowest BCUT2D eigenvalue weighted by molar-refractivity contribution is -0.140. The Bertz CT molecular complexity index is 1740. The zero-order chi connectivity index (χ0) is 29.9. The largest absolute Gasteiger partial charge is 0.493 e. The summed E-state index contributed by atoms with van der Waals surface area (Å²) in [6.07, 6.45) is 3.09. The molecule has 1 fully saturated rings. The van der Waals surface area contributed by atoms with Crippen molar-refractivity contribution in [1.82, 2.24) is 9.47 Å². The first-order valence-corrected chi connectivity index (χ1v) is 14.4. The minimum Gasteiger partial charge on any atom is -0.493 e. The number of benzene rings is 1. The van der Waals surface area contributed by atoms with Gasteiger partial charge in [0.25, 0.3) is 5.91 Å². The number of thioether (sulfide) groups is 1. The number of aliphatic imine (C=N–C) groups is 1. The number of hydrogen-bond acceptors (Lipinski definition) is 12. The van der Waals surface area contributed by atoms with Crippen LogP contribution in [0.25, 0.3) is 0 Å². The number of carboxylic acid groups (broad SMARTS) is 3. The van der Waals surface area contributed by atoms with Crippen molar-refractivity contribution in [2.45, 2.75) is 24.3 Å². The third-order valence-electron chi connectivity index (χ3n) is 6.65. The minimum atomic E-state index is -1.34. The average Bonchev–Trinajstić information content (AvgIpc) is 3.35. The molecule has 17 heteroatoms. The van der Waals surface area contributed by atoms with Crippen LogP contribution >= 0.6 is 35.3 Å². The molecule has 42 heavy (non-hydrogen) atoms. The normalized spacial score (nSPS) is 19.4. The molecule has 0 saturated heterocycles. The highest BCUT2D eigenvalue weighted by Crippen LogP contribution is 2.55. The summed E-state index contributed by atoms with van der Waals surface area (Å²) in [6, 6.07) is 3.48. The molecule has 1 aliphatic carbocycles. The first-order chi connectivity index (χ1) is 20.0. The molecular formula is C25H20N4O10S3. The van der Waals surface area contributed by atoms with Crippen molar-refractivity contribution in [3.63, 3.8) is 0 Å². The Kier molecular flexibility index (Phi) is 6.94. The SMILES string of the molecule is O=C(O)CN1C(=O)/C(=C\C(=C2/Sc3cc4c(cc3N2CC(=O)O)OCO4)C2CC2)N=C1c1sc(=S)n(CC(=O)O)c1O. The third kappa shape index (κ3) is 4.99. The summed E-state index contributed by atoms with van der Waals surface area (Å²) < 4.78 is 11.9. The molecule has 6 rings (SSSR count). The molecule has 14 nitrogen and oxygen atoms in total. The molecule has 0 bridgehead atoms. The predicted octanol–water partition coefficient (Wildman–Crippen LogP) is 2.67. The molecular weight excluding hydrogens is 612 g/mol. The van der Waals surface area contributed by atoms with Crippen LogP contribution in [-0.4, -0.2) is 79.4 Å². The minimum absolute atomic E-state index is 0.00201. The monoisotopic (exact) mass is 632 g/mol. The van der Waals surface area contributed by atoms with Gasteiger partial charge in [-0.25, -0.2) is 4.99 Å². The van der Waals surface area contributed by atoms with E-state index in [1.54, 1.807) is 17.0 Å². The van der Waals surface area contributed by atoms with Gasteiger partial charge in [-0.2, -0.15) is 0 Å². The number of hydrogen-bond donors (Lipinski definition) is 4. The lowest BCUT2D eigenvalue weighted by Gasteiger charge is -2.21. The lowest BCUT2D eigenvalue weighted by Crippen LogP contribution is -2.37. The molecule has 218 valence electrons. The maximum atomic E-state index is 13.5. The van der Waals surface area contributed by atoms with Gasteiger partial charge in [0, 0.05) is 17.0 Å². The van der Waals surface area contributed by atoms with Gasteiger partial charge in [0.2, 0.25) is 12.7 Å². The van der Waals surface area contributed by atoms with Crippen molar-refractivity contribution in [3.05, 3.63) is 43.3 Å². The van der Waals surface area contributed by atoms with Crippen molar-refractivity contribution >= 4 is 70.7 Å². The standard InChI is InChI=1S/C25H20N4O10S3/c30-17(31)6-27-13-4-14-15(39-9-38-14)5-16(13)41-24(27)11(10-1-2-10)3-12-22(36)28(7-18(32)33)21(26-12)20-23(37)29(8-19(34)35)25(40)42-20/h3-5,10,37H,1-2,6-9H2,(H,30,31)(H,32,33)(H,34,35)/b12-3+,24-11+. The van der Waals surface area contributed by atoms with Crippen LogP contribution in [0.2, 0.25) is 0 Å². The smallest absolute Gasteiger partial charge is 0.323 e. The Morgan fingerprint density at radius 2 is 1.67 bits per heavy atom. The summed E-state index contributed by atoms with van der Waals surface area (Å²) in [5, 5.41) is 39.7. The molecule has 0 unspecified atom stereocenters. The number of ether oxygens (including phenoxy) is 2. The fourth-order valence-corrected chi connectivity index (χ4v) is 7.25. The molecule has 1 saturated carbocycles. The van der Waals surface area contributed by atoms with E-state index in [0.717, 1.165) is 38.5 Å². The highest BCUT2D eigenvalue weighted by Gasteiger charge is 2.40. The van der Waals surface area contributed by atoms with Crippen LogP contribution in [-0.2, 0) is 25.7 Å². The Morgan fingerprint density at radius 1 is 1.02 bits per heavy atom. The number of amides is 1. The summed E-state index contributed by atoms with van der Waals surface area (Å²) in [5.74, 6) is -4.14. The number of rotatable bonds is 9. The topological polar surface area (TPSA) is 191 Å². The summed E-state index contributed by atoms with van der Waals surface area (Å²) >= 11 is 7.30. The second-order valence-electron chi connectivity index (χ2n) is 9.54. The van der Waals surface area contributed by atoms with Crippen LogP contribution < -0.4 is 14.4 Å². The quantitative estimate of drug-likeness (QED) is 0.233. The molecule has 1 aromatic heterocycles. The number of aliphatic carboxylic acids is 3. The van der Waals surface area contributed by atoms with Crippen molar-refractivity contribution in [2.24, 2.45) is 10.9 Å². The number of aromatic hydroxyl groups is 1. The second-order valence-corrected chi connectivity index (χ2v) is 12.2. The lowest BCUT2D eigenvalue weighted by atomic mass is 10.1. The van der Waals surface area contributed by atoms with E-state index in [9.17, 15) is 39.6 Å². The van der Waals surface area contributed by atoms with Crippen LogP contribution in [0.5, 0.6) is 17.4 Å². The van der Waals surface area contributed by atoms with Crippen LogP contribution in [0.1, 0.15) is 17.7 Å². The maximum Gasteiger partial charge on any atom is 0.323 e. The maximum absolute atomic E-state index is 13.5. The van der Waals surface area contributed by atoms with Crippen LogP contribution in [0.15, 0.2) is 44.4 Å². The highest BCUT2D eigenvalue weighted by molar-refractivity contribution is 8.03. The molecule has 4 aliphatic rings. The first kappa shape index (κ1) is 27.8. The third-order valence-corrected chi connectivity index (χ3v) is 9.28. The number of anilines is 1. The van der Waals surface area contributed by atoms with Crippen molar-refractivity contribution in [1.29, 1.82) is 0 Å². The molecule has 1 aromatic carbocycles. The first-order valence-electron chi connectivity index (χ1n) is 12.4. The average molecular weight is 633 g/mol. The van der Waals surface area contributed by atoms with Crippen molar-refractivity contribution in [2.75, 3.05) is 24.8 Å². The number of carboxylic acids is 3. The van der Waals surface area contributed by atoms with Gasteiger partial charge in [0.15, 0.2) is 21.3 Å². The molecule has 0 spiro atoms. The van der Waals surface area contributed by atoms with Gasteiger partial charge in [0.1, 0.15) is 30.2 Å². The summed E-state index contributed by atoms with van der Waals surface area (Å²) in [4.78, 5) is 55.9. The Morgan fingerprint density at radius 3 is 2.31 bits per heavy atom. The van der Waals surface area contributed by atoms with Crippen molar-refractivity contribution < 1.29 is 49.1 Å². The highest BCUT2D eigenvalue weighted by atomic mass is 32.2. The number of allylic oxidation sites excluding steroid dienone is 2. The van der Waals surface area contributed by atoms with E-state index in [2.05, 4.69) is 4.99 Å². The number of fused-ring (bicyclic) bond motifs is 2. The van der Waals surface area contributed by atoms with E-state index >= 15 is 0 Å². The van der Waals surface area contributed by atoms with Gasteiger partial charge >= 0.3 is 17.9 Å². The number of thiazole rings is 1. The van der Waals surface area contributed by atoms with E-state index in [4.69, 9.17) is 21.7 Å². The predicted molar refractivity (Wildman–Crippen MR) is 150 cm³/mol. The number of nitrogens with zero attached hydrogens (tertiary/aromatic N) is 4. The molecule has 2 aromatic rings. The van der Waals surface area contributed by atoms with Gasteiger partial charge in [0.05, 0.1) is 10.7 Å². The number of carbonyl (C=O) groups is 4. The molecule has 0 atom stereocenters. The summed E-state index contributed by atoms with van der Waals surface area (Å²) in [6.45, 7) is -1.72. The Hall–Kier alpha value is -4.35. The van der Waals surface area contributed by atoms with Crippen LogP contribution in [0.4, 0.5) is 5.69 Å². The van der Waals surface area contributed by atoms with E-state index in [0.29, 0.717) is 27.8 Å². The van der Waals surface area contributed by atoms with Gasteiger partial charge < -0.3 is 34.8 Å². The second kappa shape index (κ2) is 10.5. The number of carbonyl (C=O) groups excluding carboxylic acids is 1. The van der Waals surface area contributed by atoms with E-state index in [1.165, 1.54) is 17.8 Å². The van der Waals surface area contributed by atoms with E-state index in [-0.39, 0.29) is 39.6 Å². The Balaban J connectivity index is 1.46. The zero-order valence-corrected chi connectivity index (χ0v) is 23.8. The van der Waals surface area contributed by atoms with Gasteiger partial charge in [-0.05, 0) is 42.6 Å². The van der Waals surface area contributed by atoms with Crippen molar-refractivity contribution in [3.8, 4) is 17.4 Å². The number of amidine groups is 1.